The average molecular weight is 266 g/mol. The van der Waals surface area contributed by atoms with Crippen molar-refractivity contribution in [2.45, 2.75) is 26.4 Å². The zero-order chi connectivity index (χ0) is 14.6. The SMILES string of the molecule is Cc1nc(C(=O)N(C)CCC(C)O)ccc1C(=O)O. The van der Waals surface area contributed by atoms with Gasteiger partial charge in [0.1, 0.15) is 5.69 Å². The van der Waals surface area contributed by atoms with Crippen LogP contribution >= 0.6 is 0 Å². The van der Waals surface area contributed by atoms with Gasteiger partial charge in [-0.05, 0) is 32.4 Å². The van der Waals surface area contributed by atoms with Crippen molar-refractivity contribution in [1.29, 1.82) is 0 Å². The molecular formula is C13H18N2O4. The predicted molar refractivity (Wildman–Crippen MR) is 69.2 cm³/mol. The quantitative estimate of drug-likeness (QED) is 0.827. The first kappa shape index (κ1) is 15.1. The molecule has 0 aliphatic heterocycles. The summed E-state index contributed by atoms with van der Waals surface area (Å²) in [5.41, 5.74) is 0.598. The zero-order valence-electron chi connectivity index (χ0n) is 11.3. The lowest BCUT2D eigenvalue weighted by atomic mass is 10.1. The van der Waals surface area contributed by atoms with Crippen LogP contribution in [0.3, 0.4) is 0 Å². The van der Waals surface area contributed by atoms with E-state index >= 15 is 0 Å². The zero-order valence-corrected chi connectivity index (χ0v) is 11.3. The molecule has 0 fully saturated rings. The highest BCUT2D eigenvalue weighted by Gasteiger charge is 2.16. The maximum Gasteiger partial charge on any atom is 0.337 e. The van der Waals surface area contributed by atoms with Crippen molar-refractivity contribution < 1.29 is 19.8 Å². The second-order valence-electron chi connectivity index (χ2n) is 4.50. The van der Waals surface area contributed by atoms with Crippen molar-refractivity contribution in [3.63, 3.8) is 0 Å². The van der Waals surface area contributed by atoms with Crippen LogP contribution in [0.15, 0.2) is 12.1 Å². The maximum atomic E-state index is 12.0. The van der Waals surface area contributed by atoms with E-state index in [1.807, 2.05) is 0 Å². The molecule has 0 radical (unpaired) electrons. The van der Waals surface area contributed by atoms with Gasteiger partial charge in [-0.1, -0.05) is 0 Å². The number of carbonyl (C=O) groups excluding carboxylic acids is 1. The summed E-state index contributed by atoms with van der Waals surface area (Å²) in [6.45, 7) is 3.62. The molecule has 104 valence electrons. The topological polar surface area (TPSA) is 90.7 Å². The molecule has 1 aromatic rings. The molecule has 0 saturated heterocycles. The van der Waals surface area contributed by atoms with Crippen LogP contribution in [-0.4, -0.2) is 51.7 Å². The minimum Gasteiger partial charge on any atom is -0.478 e. The summed E-state index contributed by atoms with van der Waals surface area (Å²) in [7, 11) is 1.62. The number of amides is 1. The lowest BCUT2D eigenvalue weighted by Crippen LogP contribution is -2.30. The Balaban J connectivity index is 2.83. The van der Waals surface area contributed by atoms with E-state index in [0.29, 0.717) is 18.7 Å². The van der Waals surface area contributed by atoms with Crippen molar-refractivity contribution in [2.75, 3.05) is 13.6 Å². The molecule has 0 aromatic carbocycles. The molecule has 1 amide bonds. The summed E-state index contributed by atoms with van der Waals surface area (Å²) in [5.74, 6) is -1.35. The number of carboxylic acids is 1. The van der Waals surface area contributed by atoms with Crippen molar-refractivity contribution in [3.8, 4) is 0 Å². The number of pyridine rings is 1. The van der Waals surface area contributed by atoms with Gasteiger partial charge in [0.25, 0.3) is 5.91 Å². The summed E-state index contributed by atoms with van der Waals surface area (Å²) in [6.07, 6.45) is 0.00775. The molecule has 1 heterocycles. The number of hydrogen-bond acceptors (Lipinski definition) is 4. The first-order valence-corrected chi connectivity index (χ1v) is 5.97. The van der Waals surface area contributed by atoms with Crippen molar-refractivity contribution in [1.82, 2.24) is 9.88 Å². The average Bonchev–Trinajstić information content (AvgIpc) is 2.34. The van der Waals surface area contributed by atoms with Crippen LogP contribution in [0.2, 0.25) is 0 Å². The van der Waals surface area contributed by atoms with Crippen LogP contribution in [0, 0.1) is 6.92 Å². The molecule has 1 unspecified atom stereocenters. The Bertz CT molecular complexity index is 486. The smallest absolute Gasteiger partial charge is 0.337 e. The summed E-state index contributed by atoms with van der Waals surface area (Å²) in [5, 5.41) is 18.1. The van der Waals surface area contributed by atoms with Gasteiger partial charge in [0.2, 0.25) is 0 Å². The number of nitrogens with zero attached hydrogens (tertiary/aromatic N) is 2. The van der Waals surface area contributed by atoms with Crippen LogP contribution in [-0.2, 0) is 0 Å². The fourth-order valence-electron chi connectivity index (χ4n) is 1.58. The van der Waals surface area contributed by atoms with E-state index in [0.717, 1.165) is 0 Å². The Morgan fingerprint density at radius 2 is 2.05 bits per heavy atom. The minimum absolute atomic E-state index is 0.0863. The lowest BCUT2D eigenvalue weighted by molar-refractivity contribution is 0.0691. The van der Waals surface area contributed by atoms with E-state index in [1.165, 1.54) is 17.0 Å². The lowest BCUT2D eigenvalue weighted by Gasteiger charge is -2.17. The first-order valence-electron chi connectivity index (χ1n) is 5.97. The minimum atomic E-state index is -1.06. The van der Waals surface area contributed by atoms with E-state index < -0.39 is 12.1 Å². The molecule has 6 nitrogen and oxygen atoms in total. The highest BCUT2D eigenvalue weighted by atomic mass is 16.4. The predicted octanol–water partition coefficient (Wildman–Crippen LogP) is 0.931. The van der Waals surface area contributed by atoms with Gasteiger partial charge in [-0.3, -0.25) is 4.79 Å². The number of aromatic carboxylic acids is 1. The van der Waals surface area contributed by atoms with Crippen molar-refractivity contribution in [3.05, 3.63) is 29.1 Å². The number of aryl methyl sites for hydroxylation is 1. The monoisotopic (exact) mass is 266 g/mol. The fourth-order valence-corrected chi connectivity index (χ4v) is 1.58. The Morgan fingerprint density at radius 1 is 1.42 bits per heavy atom. The molecule has 0 bridgehead atoms. The molecule has 1 aromatic heterocycles. The Morgan fingerprint density at radius 3 is 2.53 bits per heavy atom. The molecule has 0 aliphatic carbocycles. The van der Waals surface area contributed by atoms with Gasteiger partial charge in [0.05, 0.1) is 17.4 Å². The van der Waals surface area contributed by atoms with Crippen LogP contribution < -0.4 is 0 Å². The molecule has 0 aliphatic rings. The molecular weight excluding hydrogens is 248 g/mol. The molecule has 1 atom stereocenters. The third-order valence-corrected chi connectivity index (χ3v) is 2.76. The van der Waals surface area contributed by atoms with E-state index in [4.69, 9.17) is 5.11 Å². The molecule has 1 rings (SSSR count). The molecule has 2 N–H and O–H groups in total. The number of carbonyl (C=O) groups is 2. The Kier molecular flexibility index (Phi) is 5.00. The van der Waals surface area contributed by atoms with Crippen LogP contribution in [0.5, 0.6) is 0 Å². The first-order chi connectivity index (χ1) is 8.82. The van der Waals surface area contributed by atoms with E-state index in [-0.39, 0.29) is 17.2 Å². The standard InChI is InChI=1S/C13H18N2O4/c1-8(16)6-7-15(3)12(17)11-5-4-10(13(18)19)9(2)14-11/h4-5,8,16H,6-7H2,1-3H3,(H,18,19). The van der Waals surface area contributed by atoms with E-state index in [1.54, 1.807) is 20.9 Å². The van der Waals surface area contributed by atoms with Gasteiger partial charge >= 0.3 is 5.97 Å². The summed E-state index contributed by atoms with van der Waals surface area (Å²) < 4.78 is 0. The number of aliphatic hydroxyl groups excluding tert-OH is 1. The van der Waals surface area contributed by atoms with Gasteiger partial charge < -0.3 is 15.1 Å². The number of rotatable bonds is 5. The number of aliphatic hydroxyl groups is 1. The van der Waals surface area contributed by atoms with Gasteiger partial charge in [-0.25, -0.2) is 9.78 Å². The van der Waals surface area contributed by atoms with Gasteiger partial charge in [0, 0.05) is 13.6 Å². The summed E-state index contributed by atoms with van der Waals surface area (Å²) in [4.78, 5) is 28.3. The number of aromatic nitrogens is 1. The maximum absolute atomic E-state index is 12.0. The second-order valence-corrected chi connectivity index (χ2v) is 4.50. The highest BCUT2D eigenvalue weighted by Crippen LogP contribution is 2.09. The second kappa shape index (κ2) is 6.29. The van der Waals surface area contributed by atoms with Gasteiger partial charge in [-0.2, -0.15) is 0 Å². The Labute approximate surface area is 111 Å². The summed E-state index contributed by atoms with van der Waals surface area (Å²) >= 11 is 0. The highest BCUT2D eigenvalue weighted by molar-refractivity contribution is 5.94. The number of carboxylic acid groups (broad SMARTS) is 1. The van der Waals surface area contributed by atoms with E-state index in [2.05, 4.69) is 4.98 Å². The normalized spacial score (nSPS) is 12.0. The van der Waals surface area contributed by atoms with Crippen LogP contribution in [0.1, 0.15) is 39.9 Å². The Hall–Kier alpha value is -1.95. The van der Waals surface area contributed by atoms with Gasteiger partial charge in [0.15, 0.2) is 0 Å². The van der Waals surface area contributed by atoms with Crippen molar-refractivity contribution in [2.24, 2.45) is 0 Å². The molecule has 19 heavy (non-hydrogen) atoms. The largest absolute Gasteiger partial charge is 0.478 e. The molecule has 0 saturated carbocycles. The molecule has 0 spiro atoms. The fraction of sp³-hybridized carbons (Fsp3) is 0.462. The third kappa shape index (κ3) is 4.03. The molecule has 6 heteroatoms. The number of hydrogen-bond donors (Lipinski definition) is 2. The van der Waals surface area contributed by atoms with Crippen molar-refractivity contribution >= 4 is 11.9 Å². The van der Waals surface area contributed by atoms with Crippen LogP contribution in [0.4, 0.5) is 0 Å². The van der Waals surface area contributed by atoms with Crippen LogP contribution in [0.25, 0.3) is 0 Å². The third-order valence-electron chi connectivity index (χ3n) is 2.76. The summed E-state index contributed by atoms with van der Waals surface area (Å²) in [6, 6.07) is 2.78. The van der Waals surface area contributed by atoms with Gasteiger partial charge in [-0.15, -0.1) is 0 Å². The van der Waals surface area contributed by atoms with E-state index in [9.17, 15) is 14.7 Å².